The summed E-state index contributed by atoms with van der Waals surface area (Å²) in [6, 6.07) is 16.2. The highest BCUT2D eigenvalue weighted by Crippen LogP contribution is 2.58. The van der Waals surface area contributed by atoms with Crippen molar-refractivity contribution in [1.29, 1.82) is 0 Å². The van der Waals surface area contributed by atoms with Gasteiger partial charge in [0.2, 0.25) is 5.78 Å². The minimum absolute atomic E-state index is 0.112. The molecule has 2 aliphatic rings. The number of hydrogen-bond acceptors (Lipinski definition) is 4. The van der Waals surface area contributed by atoms with Gasteiger partial charge in [0.15, 0.2) is 11.4 Å². The van der Waals surface area contributed by atoms with Gasteiger partial charge in [-0.25, -0.2) is 0 Å². The van der Waals surface area contributed by atoms with Crippen molar-refractivity contribution < 1.29 is 19.1 Å². The highest BCUT2D eigenvalue weighted by Gasteiger charge is 2.68. The van der Waals surface area contributed by atoms with Crippen molar-refractivity contribution in [1.82, 2.24) is 0 Å². The molecule has 0 aliphatic heterocycles. The first-order valence-corrected chi connectivity index (χ1v) is 7.98. The Bertz CT molecular complexity index is 855. The summed E-state index contributed by atoms with van der Waals surface area (Å²) in [6.07, 6.45) is 0.510. The second kappa shape index (κ2) is 5.13. The van der Waals surface area contributed by atoms with E-state index in [9.17, 15) is 14.4 Å². The van der Waals surface area contributed by atoms with Crippen LogP contribution in [0.5, 0.6) is 0 Å². The van der Waals surface area contributed by atoms with Gasteiger partial charge in [-0.3, -0.25) is 14.4 Å². The molecule has 0 radical (unpaired) electrons. The lowest BCUT2D eigenvalue weighted by molar-refractivity contribution is -0.169. The Morgan fingerprint density at radius 1 is 0.958 bits per heavy atom. The van der Waals surface area contributed by atoms with Crippen molar-refractivity contribution >= 4 is 17.5 Å². The van der Waals surface area contributed by atoms with Gasteiger partial charge >= 0.3 is 5.97 Å². The highest BCUT2D eigenvalue weighted by atomic mass is 16.6. The van der Waals surface area contributed by atoms with E-state index in [2.05, 4.69) is 0 Å². The zero-order valence-electron chi connectivity index (χ0n) is 13.2. The Labute approximate surface area is 139 Å². The standard InChI is InChI=1S/C20H16O4/c1-12(21)24-20-16(13-7-3-2-4-8-13)11-17(20)18(22)14-9-5-6-10-15(14)19(20)23/h2-10,16-17H,11H2,1H3/t16-,17?,20+/m1/s1. The Morgan fingerprint density at radius 3 is 2.25 bits per heavy atom. The molecule has 2 aromatic rings. The number of Topliss-reactive ketones (excluding diaryl/α,β-unsaturated/α-hetero) is 2. The van der Waals surface area contributed by atoms with Gasteiger partial charge in [-0.1, -0.05) is 54.6 Å². The Kier molecular flexibility index (Phi) is 3.17. The van der Waals surface area contributed by atoms with Gasteiger partial charge < -0.3 is 4.74 Å². The Morgan fingerprint density at radius 2 is 1.58 bits per heavy atom. The number of fused-ring (bicyclic) bond motifs is 2. The van der Waals surface area contributed by atoms with Crippen LogP contribution in [-0.4, -0.2) is 23.1 Å². The van der Waals surface area contributed by atoms with Gasteiger partial charge in [0.05, 0.1) is 5.92 Å². The number of ether oxygens (including phenoxy) is 1. The second-order valence-electron chi connectivity index (χ2n) is 6.38. The average molecular weight is 320 g/mol. The third-order valence-corrected chi connectivity index (χ3v) is 5.13. The lowest BCUT2D eigenvalue weighted by Gasteiger charge is -2.54. The number of hydrogen-bond donors (Lipinski definition) is 0. The topological polar surface area (TPSA) is 60.4 Å². The van der Waals surface area contributed by atoms with Crippen molar-refractivity contribution in [2.75, 3.05) is 0 Å². The van der Waals surface area contributed by atoms with Crippen LogP contribution in [0, 0.1) is 5.92 Å². The zero-order chi connectivity index (χ0) is 16.9. The van der Waals surface area contributed by atoms with Gasteiger partial charge in [-0.05, 0) is 12.0 Å². The van der Waals surface area contributed by atoms with E-state index >= 15 is 0 Å². The van der Waals surface area contributed by atoms with E-state index < -0.39 is 17.5 Å². The number of esters is 1. The third kappa shape index (κ3) is 1.83. The van der Waals surface area contributed by atoms with E-state index in [1.54, 1.807) is 24.3 Å². The Hall–Kier alpha value is -2.75. The van der Waals surface area contributed by atoms with E-state index in [1.165, 1.54) is 6.92 Å². The lowest BCUT2D eigenvalue weighted by atomic mass is 9.51. The molecular weight excluding hydrogens is 304 g/mol. The van der Waals surface area contributed by atoms with Crippen LogP contribution in [-0.2, 0) is 9.53 Å². The van der Waals surface area contributed by atoms with E-state index in [-0.39, 0.29) is 17.5 Å². The molecule has 4 nitrogen and oxygen atoms in total. The number of rotatable bonds is 2. The van der Waals surface area contributed by atoms with E-state index in [0.29, 0.717) is 17.5 Å². The molecule has 120 valence electrons. The smallest absolute Gasteiger partial charge is 0.303 e. The van der Waals surface area contributed by atoms with Crippen LogP contribution < -0.4 is 0 Å². The molecule has 0 saturated heterocycles. The molecule has 0 bridgehead atoms. The van der Waals surface area contributed by atoms with Crippen LogP contribution in [0.4, 0.5) is 0 Å². The maximum atomic E-state index is 13.2. The van der Waals surface area contributed by atoms with E-state index in [4.69, 9.17) is 4.74 Å². The van der Waals surface area contributed by atoms with Gasteiger partial charge in [0.25, 0.3) is 0 Å². The SMILES string of the molecule is CC(=O)O[C@]12C(=O)c3ccccc3C(=O)C1C[C@@H]2c1ccccc1. The minimum atomic E-state index is -1.40. The van der Waals surface area contributed by atoms with Crippen LogP contribution in [0.15, 0.2) is 54.6 Å². The normalized spacial score (nSPS) is 27.7. The van der Waals surface area contributed by atoms with Crippen molar-refractivity contribution in [3.05, 3.63) is 71.3 Å². The molecule has 1 fully saturated rings. The van der Waals surface area contributed by atoms with E-state index in [1.807, 2.05) is 30.3 Å². The first-order chi connectivity index (χ1) is 11.6. The van der Waals surface area contributed by atoms with E-state index in [0.717, 1.165) is 5.56 Å². The van der Waals surface area contributed by atoms with Crippen LogP contribution >= 0.6 is 0 Å². The monoisotopic (exact) mass is 320 g/mol. The average Bonchev–Trinajstić information content (AvgIpc) is 2.58. The molecule has 1 saturated carbocycles. The summed E-state index contributed by atoms with van der Waals surface area (Å²) >= 11 is 0. The second-order valence-corrected chi connectivity index (χ2v) is 6.38. The van der Waals surface area contributed by atoms with Crippen molar-refractivity contribution in [3.8, 4) is 0 Å². The predicted molar refractivity (Wildman–Crippen MR) is 86.9 cm³/mol. The molecule has 0 heterocycles. The molecule has 0 aromatic heterocycles. The van der Waals surface area contributed by atoms with Gasteiger partial charge in [-0.15, -0.1) is 0 Å². The summed E-state index contributed by atoms with van der Waals surface area (Å²) in [5, 5.41) is 0. The molecule has 0 spiro atoms. The zero-order valence-corrected chi connectivity index (χ0v) is 13.2. The summed E-state index contributed by atoms with van der Waals surface area (Å²) in [7, 11) is 0. The first kappa shape index (κ1) is 14.8. The third-order valence-electron chi connectivity index (χ3n) is 5.13. The molecule has 24 heavy (non-hydrogen) atoms. The quantitative estimate of drug-likeness (QED) is 0.798. The summed E-state index contributed by atoms with van der Waals surface area (Å²) in [5.41, 5.74) is 0.288. The molecular formula is C20H16O4. The maximum absolute atomic E-state index is 13.2. The van der Waals surface area contributed by atoms with Crippen molar-refractivity contribution in [2.45, 2.75) is 24.9 Å². The molecule has 0 N–H and O–H groups in total. The van der Waals surface area contributed by atoms with Crippen LogP contribution in [0.3, 0.4) is 0 Å². The molecule has 0 amide bonds. The minimum Gasteiger partial charge on any atom is -0.449 e. The molecule has 3 atom stereocenters. The summed E-state index contributed by atoms with van der Waals surface area (Å²) in [5.74, 6) is -1.82. The fourth-order valence-electron chi connectivity index (χ4n) is 4.08. The van der Waals surface area contributed by atoms with Gasteiger partial charge in [0, 0.05) is 24.0 Å². The Balaban J connectivity index is 1.89. The van der Waals surface area contributed by atoms with Crippen LogP contribution in [0.2, 0.25) is 0 Å². The predicted octanol–water partition coefficient (Wildman–Crippen LogP) is 3.17. The summed E-state index contributed by atoms with van der Waals surface area (Å²) in [6.45, 7) is 1.28. The van der Waals surface area contributed by atoms with Gasteiger partial charge in [0.1, 0.15) is 0 Å². The largest absolute Gasteiger partial charge is 0.449 e. The highest BCUT2D eigenvalue weighted by molar-refractivity contribution is 6.21. The molecule has 1 unspecified atom stereocenters. The fourth-order valence-corrected chi connectivity index (χ4v) is 4.08. The lowest BCUT2D eigenvalue weighted by Crippen LogP contribution is -2.66. The van der Waals surface area contributed by atoms with Gasteiger partial charge in [-0.2, -0.15) is 0 Å². The molecule has 4 rings (SSSR count). The van der Waals surface area contributed by atoms with Crippen LogP contribution in [0.1, 0.15) is 45.5 Å². The number of ketones is 2. The maximum Gasteiger partial charge on any atom is 0.303 e. The summed E-state index contributed by atoms with van der Waals surface area (Å²) < 4.78 is 5.58. The molecule has 4 heteroatoms. The number of carbonyl (C=O) groups excluding carboxylic acids is 3. The van der Waals surface area contributed by atoms with Crippen LogP contribution in [0.25, 0.3) is 0 Å². The first-order valence-electron chi connectivity index (χ1n) is 7.98. The number of benzene rings is 2. The summed E-state index contributed by atoms with van der Waals surface area (Å²) in [4.78, 5) is 37.8. The fraction of sp³-hybridized carbons (Fsp3) is 0.250. The van der Waals surface area contributed by atoms with Crippen molar-refractivity contribution in [3.63, 3.8) is 0 Å². The van der Waals surface area contributed by atoms with Crippen molar-refractivity contribution in [2.24, 2.45) is 5.92 Å². The molecule has 2 aliphatic carbocycles. The molecule has 2 aromatic carbocycles. The number of carbonyl (C=O) groups is 3.